The number of rotatable bonds is 5. The number of hydrazine groups is 1. The Balaban J connectivity index is 1.96. The van der Waals surface area contributed by atoms with Gasteiger partial charge in [0, 0.05) is 5.75 Å². The lowest BCUT2D eigenvalue weighted by atomic mass is 10.4. The Morgan fingerprint density at radius 2 is 2.18 bits per heavy atom. The van der Waals surface area contributed by atoms with E-state index in [1.165, 1.54) is 0 Å². The zero-order valence-electron chi connectivity index (χ0n) is 9.08. The van der Waals surface area contributed by atoms with E-state index in [1.54, 1.807) is 34.9 Å². The zero-order valence-corrected chi connectivity index (χ0v) is 11.5. The van der Waals surface area contributed by atoms with Gasteiger partial charge >= 0.3 is 0 Å². The molecule has 5 nitrogen and oxygen atoms in total. The van der Waals surface area contributed by atoms with Crippen molar-refractivity contribution in [3.63, 3.8) is 0 Å². The summed E-state index contributed by atoms with van der Waals surface area (Å²) in [5.74, 6) is 6.74. The van der Waals surface area contributed by atoms with Gasteiger partial charge in [0.25, 0.3) is 0 Å². The van der Waals surface area contributed by atoms with E-state index in [9.17, 15) is 0 Å². The topological polar surface area (TPSA) is 76.7 Å². The Labute approximate surface area is 112 Å². The van der Waals surface area contributed by atoms with E-state index in [4.69, 9.17) is 5.84 Å². The van der Waals surface area contributed by atoms with Crippen molar-refractivity contribution >= 4 is 40.7 Å². The fraction of sp³-hybridized carbons (Fsp3) is 0.222. The highest BCUT2D eigenvalue weighted by Crippen LogP contribution is 2.29. The van der Waals surface area contributed by atoms with Crippen LogP contribution in [-0.2, 0) is 5.75 Å². The normalized spacial score (nSPS) is 10.5. The summed E-state index contributed by atoms with van der Waals surface area (Å²) in [4.78, 5) is 4.33. The van der Waals surface area contributed by atoms with Crippen molar-refractivity contribution in [2.24, 2.45) is 5.84 Å². The molecule has 2 aromatic rings. The van der Waals surface area contributed by atoms with E-state index in [-0.39, 0.29) is 0 Å². The second-order valence-electron chi connectivity index (χ2n) is 2.99. The van der Waals surface area contributed by atoms with E-state index in [2.05, 4.69) is 20.6 Å². The number of nitrogens with two attached hydrogens (primary N) is 1. The molecule has 0 fully saturated rings. The van der Waals surface area contributed by atoms with Crippen LogP contribution >= 0.6 is 34.9 Å². The predicted molar refractivity (Wildman–Crippen MR) is 73.3 cm³/mol. The van der Waals surface area contributed by atoms with E-state index in [0.29, 0.717) is 5.82 Å². The first-order valence-electron chi connectivity index (χ1n) is 4.74. The average Bonchev–Trinajstić information content (AvgIpc) is 2.84. The molecule has 3 N–H and O–H groups in total. The first kappa shape index (κ1) is 12.6. The molecule has 0 aromatic carbocycles. The Kier molecular flexibility index (Phi) is 4.60. The van der Waals surface area contributed by atoms with Crippen LogP contribution in [0.1, 0.15) is 5.69 Å². The number of nitrogen functional groups attached to an aromatic ring is 1. The highest BCUT2D eigenvalue weighted by Gasteiger charge is 2.05. The van der Waals surface area contributed by atoms with Gasteiger partial charge in [0.15, 0.2) is 8.68 Å². The minimum atomic E-state index is 0.671. The third kappa shape index (κ3) is 3.56. The number of aromatic nitrogens is 3. The molecule has 2 aromatic heterocycles. The lowest BCUT2D eigenvalue weighted by Crippen LogP contribution is -2.08. The van der Waals surface area contributed by atoms with Crippen LogP contribution in [0.2, 0.25) is 0 Å². The van der Waals surface area contributed by atoms with Crippen molar-refractivity contribution in [3.8, 4) is 0 Å². The fourth-order valence-corrected chi connectivity index (χ4v) is 3.46. The van der Waals surface area contributed by atoms with Gasteiger partial charge < -0.3 is 5.43 Å². The van der Waals surface area contributed by atoms with Crippen LogP contribution in [0.15, 0.2) is 26.9 Å². The highest BCUT2D eigenvalue weighted by atomic mass is 32.2. The lowest BCUT2D eigenvalue weighted by Gasteiger charge is -2.01. The number of nitrogens with one attached hydrogen (secondary N) is 1. The summed E-state index contributed by atoms with van der Waals surface area (Å²) in [6.45, 7) is 0. The van der Waals surface area contributed by atoms with Crippen LogP contribution in [0.5, 0.6) is 0 Å². The maximum atomic E-state index is 5.30. The molecule has 0 aliphatic carbocycles. The number of thioether (sulfide) groups is 2. The summed E-state index contributed by atoms with van der Waals surface area (Å²) < 4.78 is 1.94. The molecule has 0 radical (unpaired) electrons. The Bertz CT molecular complexity index is 487. The number of nitrogens with zero attached hydrogens (tertiary/aromatic N) is 3. The maximum absolute atomic E-state index is 5.30. The van der Waals surface area contributed by atoms with E-state index in [1.807, 2.05) is 24.5 Å². The van der Waals surface area contributed by atoms with E-state index >= 15 is 0 Å². The first-order valence-corrected chi connectivity index (χ1v) is 7.77. The summed E-state index contributed by atoms with van der Waals surface area (Å²) >= 11 is 4.83. The Morgan fingerprint density at radius 3 is 2.88 bits per heavy atom. The van der Waals surface area contributed by atoms with Crippen molar-refractivity contribution in [3.05, 3.63) is 23.9 Å². The van der Waals surface area contributed by atoms with Gasteiger partial charge in [0.2, 0.25) is 0 Å². The summed E-state index contributed by atoms with van der Waals surface area (Å²) in [7, 11) is 0. The number of anilines is 1. The van der Waals surface area contributed by atoms with Gasteiger partial charge in [-0.25, -0.2) is 10.8 Å². The summed E-state index contributed by atoms with van der Waals surface area (Å²) in [5.41, 5.74) is 3.49. The van der Waals surface area contributed by atoms with E-state index < -0.39 is 0 Å². The number of pyridine rings is 1. The van der Waals surface area contributed by atoms with Gasteiger partial charge in [-0.3, -0.25) is 0 Å². The largest absolute Gasteiger partial charge is 0.308 e. The highest BCUT2D eigenvalue weighted by molar-refractivity contribution is 8.02. The molecule has 0 aliphatic heterocycles. The van der Waals surface area contributed by atoms with Crippen molar-refractivity contribution in [1.29, 1.82) is 0 Å². The molecule has 8 heteroatoms. The number of hydrogen-bond donors (Lipinski definition) is 2. The second kappa shape index (κ2) is 6.20. The molecule has 0 amide bonds. The SMILES string of the molecule is CSc1nnc(SCc2cccc(NN)n2)s1. The maximum Gasteiger partial charge on any atom is 0.175 e. The molecule has 0 bridgehead atoms. The quantitative estimate of drug-likeness (QED) is 0.495. The van der Waals surface area contributed by atoms with Crippen LogP contribution in [0, 0.1) is 0 Å². The predicted octanol–water partition coefficient (Wildman–Crippen LogP) is 2.23. The molecule has 0 unspecified atom stereocenters. The van der Waals surface area contributed by atoms with Crippen LogP contribution in [-0.4, -0.2) is 21.4 Å². The second-order valence-corrected chi connectivity index (χ2v) is 6.24. The minimum absolute atomic E-state index is 0.671. The third-order valence-electron chi connectivity index (χ3n) is 1.86. The Morgan fingerprint density at radius 1 is 1.35 bits per heavy atom. The van der Waals surface area contributed by atoms with Crippen LogP contribution in [0.25, 0.3) is 0 Å². The molecule has 2 rings (SSSR count). The average molecular weight is 285 g/mol. The summed E-state index contributed by atoms with van der Waals surface area (Å²) in [5, 5.41) is 8.13. The van der Waals surface area contributed by atoms with Crippen molar-refractivity contribution < 1.29 is 0 Å². The molecule has 0 spiro atoms. The minimum Gasteiger partial charge on any atom is -0.308 e. The lowest BCUT2D eigenvalue weighted by molar-refractivity contribution is 0.955. The summed E-state index contributed by atoms with van der Waals surface area (Å²) in [6, 6.07) is 5.71. The molecule has 90 valence electrons. The van der Waals surface area contributed by atoms with Gasteiger partial charge in [-0.1, -0.05) is 40.9 Å². The zero-order chi connectivity index (χ0) is 12.1. The molecule has 0 saturated carbocycles. The van der Waals surface area contributed by atoms with Crippen LogP contribution in [0.3, 0.4) is 0 Å². The molecule has 0 aliphatic rings. The smallest absolute Gasteiger partial charge is 0.175 e. The van der Waals surface area contributed by atoms with Gasteiger partial charge in [0.1, 0.15) is 5.82 Å². The van der Waals surface area contributed by atoms with Crippen LogP contribution in [0.4, 0.5) is 5.82 Å². The van der Waals surface area contributed by atoms with Crippen molar-refractivity contribution in [2.75, 3.05) is 11.7 Å². The monoisotopic (exact) mass is 285 g/mol. The molecule has 0 saturated heterocycles. The molecule has 17 heavy (non-hydrogen) atoms. The molecule has 2 heterocycles. The standard InChI is InChI=1S/C9H11N5S3/c1-15-8-13-14-9(17-8)16-5-6-3-2-4-7(11-6)12-10/h2-4H,5,10H2,1H3,(H,11,12). The van der Waals surface area contributed by atoms with Gasteiger partial charge in [-0.2, -0.15) is 0 Å². The third-order valence-corrected chi connectivity index (χ3v) is 4.93. The van der Waals surface area contributed by atoms with Gasteiger partial charge in [-0.05, 0) is 18.4 Å². The van der Waals surface area contributed by atoms with Gasteiger partial charge in [-0.15, -0.1) is 10.2 Å². The van der Waals surface area contributed by atoms with Crippen LogP contribution < -0.4 is 11.3 Å². The number of hydrogen-bond acceptors (Lipinski definition) is 8. The van der Waals surface area contributed by atoms with Gasteiger partial charge in [0.05, 0.1) is 5.69 Å². The summed E-state index contributed by atoms with van der Waals surface area (Å²) in [6.07, 6.45) is 1.99. The molecular formula is C9H11N5S3. The first-order chi connectivity index (χ1) is 8.31. The van der Waals surface area contributed by atoms with E-state index in [0.717, 1.165) is 20.1 Å². The molecular weight excluding hydrogens is 274 g/mol. The fourth-order valence-electron chi connectivity index (χ4n) is 1.11. The Hall–Kier alpha value is -0.830. The van der Waals surface area contributed by atoms with Crippen molar-refractivity contribution in [1.82, 2.24) is 15.2 Å². The van der Waals surface area contributed by atoms with Crippen molar-refractivity contribution in [2.45, 2.75) is 14.4 Å². The molecule has 0 atom stereocenters.